The zero-order valence-electron chi connectivity index (χ0n) is 5.46. The molecule has 62 valence electrons. The second-order valence-corrected chi connectivity index (χ2v) is 2.60. The van der Waals surface area contributed by atoms with Crippen LogP contribution in [0.25, 0.3) is 0 Å². The third-order valence-electron chi connectivity index (χ3n) is 1.04. The van der Waals surface area contributed by atoms with E-state index in [9.17, 15) is 4.79 Å². The number of carbonyl (C=O) groups excluding carboxylic acids is 1. The van der Waals surface area contributed by atoms with Crippen LogP contribution < -0.4 is 9.71 Å². The fraction of sp³-hybridized carbons (Fsp3) is 0.800. The number of amides is 1. The van der Waals surface area contributed by atoms with Gasteiger partial charge in [-0.2, -0.15) is 0 Å². The van der Waals surface area contributed by atoms with Crippen LogP contribution in [0.1, 0.15) is 6.42 Å². The first-order chi connectivity index (χ1) is 4.89. The van der Waals surface area contributed by atoms with Crippen LogP contribution >= 0.6 is 0 Å². The fourth-order valence-corrected chi connectivity index (χ4v) is 1.07. The van der Waals surface area contributed by atoms with Crippen molar-refractivity contribution >= 4 is 5.91 Å². The molecule has 4 nitrogen and oxygen atoms in total. The summed E-state index contributed by atoms with van der Waals surface area (Å²) in [5, 5.41) is 3.06. The standard InChI is InChI=1S/C5H11N2O2.Ni/c6-5(9)1-2-7-3-4-8;/h7H,1-4H2,(H2,6,9);/q-1;+2/p-1. The summed E-state index contributed by atoms with van der Waals surface area (Å²) in [6.45, 7) is 2.19. The van der Waals surface area contributed by atoms with E-state index in [0.29, 0.717) is 13.0 Å². The van der Waals surface area contributed by atoms with Crippen molar-refractivity contribution in [3.8, 4) is 0 Å². The zero-order valence-corrected chi connectivity index (χ0v) is 6.45. The first-order valence-corrected chi connectivity index (χ1v) is 3.99. The molecule has 0 unspecified atom stereocenters. The zero-order chi connectivity index (χ0) is 7.23. The molecule has 1 aliphatic rings. The van der Waals surface area contributed by atoms with Gasteiger partial charge in [0.2, 0.25) is 0 Å². The quantitative estimate of drug-likeness (QED) is 0.481. The van der Waals surface area contributed by atoms with Gasteiger partial charge in [-0.3, -0.25) is 0 Å². The van der Waals surface area contributed by atoms with Crippen molar-refractivity contribution in [1.29, 1.82) is 0 Å². The summed E-state index contributed by atoms with van der Waals surface area (Å²) in [7, 11) is 0. The van der Waals surface area contributed by atoms with Gasteiger partial charge in [0, 0.05) is 0 Å². The Morgan fingerprint density at radius 3 is 3.30 bits per heavy atom. The molecule has 0 spiro atoms. The van der Waals surface area contributed by atoms with Crippen molar-refractivity contribution in [1.82, 2.24) is 9.71 Å². The molecule has 0 aromatic heterocycles. The van der Waals surface area contributed by atoms with Crippen molar-refractivity contribution in [2.24, 2.45) is 0 Å². The van der Waals surface area contributed by atoms with Gasteiger partial charge in [-0.15, -0.1) is 0 Å². The number of rotatable bonds is 0. The second kappa shape index (κ2) is 4.66. The van der Waals surface area contributed by atoms with E-state index in [4.69, 9.17) is 3.88 Å². The third-order valence-corrected chi connectivity index (χ3v) is 1.76. The van der Waals surface area contributed by atoms with Crippen LogP contribution in [0, 0.1) is 0 Å². The predicted octanol–water partition coefficient (Wildman–Crippen LogP) is -0.975. The van der Waals surface area contributed by atoms with Crippen molar-refractivity contribution in [3.63, 3.8) is 0 Å². The molecule has 0 saturated carbocycles. The Balaban J connectivity index is 2.21. The monoisotopic (exact) mass is 188 g/mol. The topological polar surface area (TPSA) is 50.4 Å². The minimum absolute atomic E-state index is 0.0226. The van der Waals surface area contributed by atoms with Gasteiger partial charge in [0.1, 0.15) is 0 Å². The van der Waals surface area contributed by atoms with E-state index < -0.39 is 0 Å². The number of carbonyl (C=O) groups is 1. The molecule has 1 heterocycles. The molecule has 0 radical (unpaired) electrons. The molecule has 0 aromatic rings. The van der Waals surface area contributed by atoms with E-state index in [-0.39, 0.29) is 5.91 Å². The van der Waals surface area contributed by atoms with Gasteiger partial charge < -0.3 is 0 Å². The van der Waals surface area contributed by atoms with Gasteiger partial charge in [-0.25, -0.2) is 0 Å². The van der Waals surface area contributed by atoms with E-state index in [1.807, 2.05) is 0 Å². The molecule has 5 heteroatoms. The van der Waals surface area contributed by atoms with Gasteiger partial charge >= 0.3 is 65.4 Å². The SMILES string of the molecule is O=C1CCNCC[O][Ni][NH]1. The predicted molar refractivity (Wildman–Crippen MR) is 31.6 cm³/mol. The normalized spacial score (nSPS) is 23.0. The van der Waals surface area contributed by atoms with Crippen LogP contribution in [0.2, 0.25) is 0 Å². The minimum atomic E-state index is 0.0226. The van der Waals surface area contributed by atoms with Crippen molar-refractivity contribution < 1.29 is 23.6 Å². The van der Waals surface area contributed by atoms with Gasteiger partial charge in [-0.1, -0.05) is 0 Å². The summed E-state index contributed by atoms with van der Waals surface area (Å²) in [6.07, 6.45) is 0.529. The van der Waals surface area contributed by atoms with Crippen LogP contribution in [-0.2, 0) is 23.6 Å². The Morgan fingerprint density at radius 2 is 2.40 bits per heavy atom. The molecular formula is C5H10N2NiO2. The molecule has 0 bridgehead atoms. The molecule has 1 aliphatic heterocycles. The Kier molecular flexibility index (Phi) is 3.72. The number of hydrogen-bond acceptors (Lipinski definition) is 3. The van der Waals surface area contributed by atoms with Gasteiger partial charge in [0.15, 0.2) is 0 Å². The molecule has 1 amide bonds. The van der Waals surface area contributed by atoms with Gasteiger partial charge in [0.05, 0.1) is 0 Å². The first-order valence-electron chi connectivity index (χ1n) is 3.09. The summed E-state index contributed by atoms with van der Waals surface area (Å²) in [5.41, 5.74) is 0. The van der Waals surface area contributed by atoms with Gasteiger partial charge in [-0.05, 0) is 0 Å². The molecule has 10 heavy (non-hydrogen) atoms. The van der Waals surface area contributed by atoms with E-state index in [1.54, 1.807) is 0 Å². The summed E-state index contributed by atoms with van der Waals surface area (Å²) < 4.78 is 7.53. The molecule has 2 N–H and O–H groups in total. The Bertz CT molecular complexity index is 108. The third kappa shape index (κ3) is 3.15. The molecular weight excluding hydrogens is 179 g/mol. The molecule has 0 aliphatic carbocycles. The van der Waals surface area contributed by atoms with Crippen molar-refractivity contribution in [3.05, 3.63) is 0 Å². The van der Waals surface area contributed by atoms with Crippen LogP contribution in [0.5, 0.6) is 0 Å². The van der Waals surface area contributed by atoms with Crippen molar-refractivity contribution in [2.75, 3.05) is 19.7 Å². The molecule has 1 rings (SSSR count). The van der Waals surface area contributed by atoms with Gasteiger partial charge in [0.25, 0.3) is 0 Å². The molecule has 0 aromatic carbocycles. The summed E-state index contributed by atoms with van der Waals surface area (Å²) in [4.78, 5) is 10.7. The second-order valence-electron chi connectivity index (χ2n) is 1.86. The fourth-order valence-electron chi connectivity index (χ4n) is 0.562. The Hall–Kier alpha value is -0.116. The van der Waals surface area contributed by atoms with Crippen LogP contribution in [-0.4, -0.2) is 25.6 Å². The summed E-state index contributed by atoms with van der Waals surface area (Å²) >= 11 is 0.845. The maximum absolute atomic E-state index is 10.7. The Labute approximate surface area is 66.0 Å². The molecule has 0 atom stereocenters. The average Bonchev–Trinajstić information content (AvgIpc) is 2.02. The van der Waals surface area contributed by atoms with Crippen LogP contribution in [0.15, 0.2) is 0 Å². The van der Waals surface area contributed by atoms with Crippen LogP contribution in [0.4, 0.5) is 0 Å². The van der Waals surface area contributed by atoms with Crippen LogP contribution in [0.3, 0.4) is 0 Å². The maximum atomic E-state index is 10.7. The van der Waals surface area contributed by atoms with E-state index in [1.165, 1.54) is 0 Å². The number of nitrogens with one attached hydrogen (secondary N) is 2. The van der Waals surface area contributed by atoms with E-state index in [0.717, 1.165) is 28.1 Å². The van der Waals surface area contributed by atoms with E-state index in [2.05, 4.69) is 9.71 Å². The Morgan fingerprint density at radius 1 is 1.50 bits per heavy atom. The number of hydrogen-bond donors (Lipinski definition) is 2. The van der Waals surface area contributed by atoms with Crippen molar-refractivity contribution in [2.45, 2.75) is 6.42 Å². The van der Waals surface area contributed by atoms with E-state index >= 15 is 0 Å². The average molecular weight is 189 g/mol. The summed E-state index contributed by atoms with van der Waals surface area (Å²) in [5.74, 6) is 0.0226. The first kappa shape index (κ1) is 7.98. The summed E-state index contributed by atoms with van der Waals surface area (Å²) in [6, 6.07) is 0. The molecule has 1 saturated heterocycles. The molecule has 1 fully saturated rings.